The first-order valence-corrected chi connectivity index (χ1v) is 8.11. The first kappa shape index (κ1) is 14.8. The molecule has 0 saturated carbocycles. The van der Waals surface area contributed by atoms with Crippen LogP contribution in [-0.4, -0.2) is 29.1 Å². The van der Waals surface area contributed by atoms with Crippen molar-refractivity contribution in [2.24, 2.45) is 0 Å². The summed E-state index contributed by atoms with van der Waals surface area (Å²) in [4.78, 5) is 28.3. The summed E-state index contributed by atoms with van der Waals surface area (Å²) in [5.74, 6) is -0.514. The van der Waals surface area contributed by atoms with Gasteiger partial charge in [-0.2, -0.15) is 0 Å². The maximum Gasteiger partial charge on any atom is 0.341 e. The molecule has 3 heterocycles. The minimum absolute atomic E-state index is 0.263. The molecule has 4 rings (SSSR count). The highest BCUT2D eigenvalue weighted by molar-refractivity contribution is 5.88. The molecule has 24 heavy (non-hydrogen) atoms. The van der Waals surface area contributed by atoms with Crippen LogP contribution in [0.25, 0.3) is 11.3 Å². The van der Waals surface area contributed by atoms with E-state index in [1.165, 1.54) is 18.9 Å². The van der Waals surface area contributed by atoms with Crippen LogP contribution in [0.1, 0.15) is 41.8 Å². The van der Waals surface area contributed by atoms with Crippen molar-refractivity contribution in [2.45, 2.75) is 25.9 Å². The van der Waals surface area contributed by atoms with E-state index in [2.05, 4.69) is 9.88 Å². The maximum atomic E-state index is 12.0. The Kier molecular flexibility index (Phi) is 3.33. The van der Waals surface area contributed by atoms with Gasteiger partial charge in [0.2, 0.25) is 0 Å². The second-order valence-electron chi connectivity index (χ2n) is 6.28. The van der Waals surface area contributed by atoms with Crippen LogP contribution in [0.2, 0.25) is 0 Å². The van der Waals surface area contributed by atoms with Crippen LogP contribution >= 0.6 is 0 Å². The molecule has 1 saturated heterocycles. The predicted octanol–water partition coefficient (Wildman–Crippen LogP) is 2.79. The Balaban J connectivity index is 1.83. The van der Waals surface area contributed by atoms with Gasteiger partial charge in [-0.3, -0.25) is 4.79 Å². The summed E-state index contributed by atoms with van der Waals surface area (Å²) < 4.78 is 5.99. The smallest absolute Gasteiger partial charge is 0.341 e. The van der Waals surface area contributed by atoms with E-state index in [9.17, 15) is 9.59 Å². The number of aromatic amines is 1. The highest BCUT2D eigenvalue weighted by Crippen LogP contribution is 2.42. The van der Waals surface area contributed by atoms with Gasteiger partial charge in [0.25, 0.3) is 5.56 Å². The summed E-state index contributed by atoms with van der Waals surface area (Å²) in [5.41, 5.74) is 2.39. The van der Waals surface area contributed by atoms with Crippen LogP contribution in [0.15, 0.2) is 29.1 Å². The number of carbonyl (C=O) groups is 1. The minimum Gasteiger partial charge on any atom is -0.485 e. The zero-order valence-corrected chi connectivity index (χ0v) is 13.3. The molecule has 2 N–H and O–H groups in total. The number of carboxylic acid groups (broad SMARTS) is 1. The molecule has 0 bridgehead atoms. The molecular weight excluding hydrogens is 308 g/mol. The monoisotopic (exact) mass is 326 g/mol. The van der Waals surface area contributed by atoms with Gasteiger partial charge in [0, 0.05) is 36.0 Å². The van der Waals surface area contributed by atoms with Crippen LogP contribution in [-0.2, 0) is 0 Å². The van der Waals surface area contributed by atoms with Crippen LogP contribution in [0.4, 0.5) is 5.69 Å². The number of hydrogen-bond acceptors (Lipinski definition) is 4. The third-order valence-corrected chi connectivity index (χ3v) is 4.75. The van der Waals surface area contributed by atoms with Gasteiger partial charge in [-0.05, 0) is 38.0 Å². The van der Waals surface area contributed by atoms with E-state index in [0.717, 1.165) is 30.1 Å². The highest BCUT2D eigenvalue weighted by atomic mass is 16.5. The van der Waals surface area contributed by atoms with Crippen LogP contribution in [0.3, 0.4) is 0 Å². The number of ether oxygens (including phenoxy) is 1. The van der Waals surface area contributed by atoms with Gasteiger partial charge in [0.15, 0.2) is 0 Å². The Labute approximate surface area is 138 Å². The first-order valence-electron chi connectivity index (χ1n) is 8.11. The van der Waals surface area contributed by atoms with Gasteiger partial charge in [0.1, 0.15) is 17.4 Å². The zero-order valence-electron chi connectivity index (χ0n) is 13.3. The van der Waals surface area contributed by atoms with E-state index in [4.69, 9.17) is 9.84 Å². The SMILES string of the molecule is CC1Oc2cc(N3CCCC3)ccc2-c2[nH]c(=O)c(C(=O)O)cc21. The zero-order chi connectivity index (χ0) is 16.8. The number of aromatic nitrogens is 1. The van der Waals surface area contributed by atoms with E-state index < -0.39 is 11.5 Å². The van der Waals surface area contributed by atoms with Crippen molar-refractivity contribution in [3.05, 3.63) is 45.7 Å². The largest absolute Gasteiger partial charge is 0.485 e. The quantitative estimate of drug-likeness (QED) is 0.887. The number of H-pyrrole nitrogens is 1. The number of nitrogens with zero attached hydrogens (tertiary/aromatic N) is 1. The fourth-order valence-electron chi connectivity index (χ4n) is 3.49. The number of rotatable bonds is 2. The molecule has 0 spiro atoms. The second kappa shape index (κ2) is 5.40. The standard InChI is InChI=1S/C18H18N2O4/c1-10-13-9-14(18(22)23)17(21)19-16(13)12-5-4-11(8-15(12)24-10)20-6-2-3-7-20/h4-5,8-10H,2-3,6-7H2,1H3,(H,19,21)(H,22,23). The van der Waals surface area contributed by atoms with E-state index in [1.54, 1.807) is 0 Å². The highest BCUT2D eigenvalue weighted by Gasteiger charge is 2.27. The van der Waals surface area contributed by atoms with E-state index in [1.807, 2.05) is 25.1 Å². The summed E-state index contributed by atoms with van der Waals surface area (Å²) in [6, 6.07) is 7.38. The van der Waals surface area contributed by atoms with Crippen molar-refractivity contribution in [3.63, 3.8) is 0 Å². The normalized spacial score (nSPS) is 18.7. The lowest BCUT2D eigenvalue weighted by atomic mass is 9.96. The molecule has 2 aliphatic heterocycles. The number of nitrogens with one attached hydrogen (secondary N) is 1. The molecule has 0 radical (unpaired) electrons. The molecule has 1 aromatic heterocycles. The first-order chi connectivity index (χ1) is 11.5. The van der Waals surface area contributed by atoms with E-state index in [-0.39, 0.29) is 11.7 Å². The maximum absolute atomic E-state index is 12.0. The lowest BCUT2D eigenvalue weighted by Crippen LogP contribution is -2.23. The van der Waals surface area contributed by atoms with Crippen molar-refractivity contribution >= 4 is 11.7 Å². The van der Waals surface area contributed by atoms with Crippen molar-refractivity contribution in [3.8, 4) is 17.0 Å². The summed E-state index contributed by atoms with van der Waals surface area (Å²) >= 11 is 0. The Bertz CT molecular complexity index is 881. The van der Waals surface area contributed by atoms with Gasteiger partial charge in [0.05, 0.1) is 5.69 Å². The fraction of sp³-hybridized carbons (Fsp3) is 0.333. The molecule has 0 amide bonds. The molecule has 1 atom stereocenters. The van der Waals surface area contributed by atoms with Crippen molar-refractivity contribution in [1.82, 2.24) is 4.98 Å². The average molecular weight is 326 g/mol. The minimum atomic E-state index is -1.23. The summed E-state index contributed by atoms with van der Waals surface area (Å²) in [5, 5.41) is 9.14. The van der Waals surface area contributed by atoms with Crippen LogP contribution in [0.5, 0.6) is 5.75 Å². The Morgan fingerprint density at radius 3 is 2.75 bits per heavy atom. The van der Waals surface area contributed by atoms with Crippen LogP contribution in [0, 0.1) is 0 Å². The second-order valence-corrected chi connectivity index (χ2v) is 6.28. The molecule has 2 aromatic rings. The topological polar surface area (TPSA) is 82.6 Å². The van der Waals surface area contributed by atoms with Gasteiger partial charge in [-0.25, -0.2) is 4.79 Å². The number of pyridine rings is 1. The van der Waals surface area contributed by atoms with Crippen LogP contribution < -0.4 is 15.2 Å². The molecule has 1 unspecified atom stereocenters. The molecule has 0 aliphatic carbocycles. The molecule has 2 aliphatic rings. The summed E-state index contributed by atoms with van der Waals surface area (Å²) in [6.07, 6.45) is 2.07. The lowest BCUT2D eigenvalue weighted by Gasteiger charge is -2.28. The third-order valence-electron chi connectivity index (χ3n) is 4.75. The number of fused-ring (bicyclic) bond motifs is 3. The van der Waals surface area contributed by atoms with Gasteiger partial charge >= 0.3 is 5.97 Å². The number of anilines is 1. The molecule has 6 nitrogen and oxygen atoms in total. The molecule has 1 fully saturated rings. The molecule has 6 heteroatoms. The van der Waals surface area contributed by atoms with Gasteiger partial charge in [-0.15, -0.1) is 0 Å². The summed E-state index contributed by atoms with van der Waals surface area (Å²) in [7, 11) is 0. The Morgan fingerprint density at radius 2 is 2.04 bits per heavy atom. The van der Waals surface area contributed by atoms with Crippen molar-refractivity contribution in [1.29, 1.82) is 0 Å². The van der Waals surface area contributed by atoms with Gasteiger partial charge in [-0.1, -0.05) is 0 Å². The predicted molar refractivity (Wildman–Crippen MR) is 89.9 cm³/mol. The number of carboxylic acids is 1. The Hall–Kier alpha value is -2.76. The molecule has 124 valence electrons. The Morgan fingerprint density at radius 1 is 1.29 bits per heavy atom. The number of aromatic carboxylic acids is 1. The van der Waals surface area contributed by atoms with E-state index in [0.29, 0.717) is 11.3 Å². The van der Waals surface area contributed by atoms with E-state index >= 15 is 0 Å². The molecular formula is C18H18N2O4. The van der Waals surface area contributed by atoms with Crippen molar-refractivity contribution in [2.75, 3.05) is 18.0 Å². The van der Waals surface area contributed by atoms with Crippen molar-refractivity contribution < 1.29 is 14.6 Å². The third kappa shape index (κ3) is 2.26. The fourth-order valence-corrected chi connectivity index (χ4v) is 3.49. The average Bonchev–Trinajstić information content (AvgIpc) is 3.08. The molecule has 1 aromatic carbocycles. The summed E-state index contributed by atoms with van der Waals surface area (Å²) in [6.45, 7) is 3.95. The van der Waals surface area contributed by atoms with Gasteiger partial charge < -0.3 is 19.7 Å². The number of benzene rings is 1. The lowest BCUT2D eigenvalue weighted by molar-refractivity contribution is 0.0694. The number of hydrogen-bond donors (Lipinski definition) is 2.